The van der Waals surface area contributed by atoms with Gasteiger partial charge in [0.1, 0.15) is 5.75 Å². The topological polar surface area (TPSA) is 67.2 Å². The van der Waals surface area contributed by atoms with Gasteiger partial charge in [0, 0.05) is 29.8 Å². The number of nitrogens with one attached hydrogen (secondary N) is 1. The van der Waals surface area contributed by atoms with Crippen LogP contribution in [-0.2, 0) is 4.79 Å². The monoisotopic (exact) mass is 325 g/mol. The number of anilines is 1. The average Bonchev–Trinajstić information content (AvgIpc) is 3.08. The second-order valence-corrected chi connectivity index (χ2v) is 7.02. The van der Waals surface area contributed by atoms with Gasteiger partial charge in [0.05, 0.1) is 11.7 Å². The van der Waals surface area contributed by atoms with Crippen molar-refractivity contribution in [1.82, 2.24) is 9.78 Å². The SMILES string of the molecule is CC(=O)Nc1ccc(O)c(-c2cc(C3CCCC3)n(C3CC3)n2)c1. The molecule has 2 N–H and O–H groups in total. The zero-order valence-corrected chi connectivity index (χ0v) is 14.0. The fourth-order valence-corrected chi connectivity index (χ4v) is 3.70. The van der Waals surface area contributed by atoms with Crippen LogP contribution in [0, 0.1) is 0 Å². The summed E-state index contributed by atoms with van der Waals surface area (Å²) >= 11 is 0. The third kappa shape index (κ3) is 2.90. The maximum Gasteiger partial charge on any atom is 0.221 e. The molecule has 4 rings (SSSR count). The van der Waals surface area contributed by atoms with Gasteiger partial charge in [-0.25, -0.2) is 0 Å². The van der Waals surface area contributed by atoms with E-state index in [1.54, 1.807) is 18.2 Å². The Labute approximate surface area is 141 Å². The predicted octanol–water partition coefficient (Wildman–Crippen LogP) is 4.21. The van der Waals surface area contributed by atoms with Gasteiger partial charge in [0.15, 0.2) is 0 Å². The summed E-state index contributed by atoms with van der Waals surface area (Å²) in [5.74, 6) is 0.664. The summed E-state index contributed by atoms with van der Waals surface area (Å²) in [6.45, 7) is 1.48. The number of rotatable bonds is 4. The quantitative estimate of drug-likeness (QED) is 0.828. The normalized spacial score (nSPS) is 18.0. The fourth-order valence-electron chi connectivity index (χ4n) is 3.70. The number of nitrogens with zero attached hydrogens (tertiary/aromatic N) is 2. The lowest BCUT2D eigenvalue weighted by atomic mass is 10.0. The highest BCUT2D eigenvalue weighted by Crippen LogP contribution is 2.43. The van der Waals surface area contributed by atoms with Crippen molar-refractivity contribution in [1.29, 1.82) is 0 Å². The minimum absolute atomic E-state index is 0.123. The van der Waals surface area contributed by atoms with Crippen molar-refractivity contribution in [3.05, 3.63) is 30.0 Å². The van der Waals surface area contributed by atoms with E-state index in [1.807, 2.05) is 0 Å². The molecule has 0 radical (unpaired) electrons. The molecule has 2 aliphatic carbocycles. The van der Waals surface area contributed by atoms with E-state index < -0.39 is 0 Å². The van der Waals surface area contributed by atoms with Crippen LogP contribution in [-0.4, -0.2) is 20.8 Å². The van der Waals surface area contributed by atoms with E-state index in [2.05, 4.69) is 16.1 Å². The Kier molecular flexibility index (Phi) is 3.79. The number of benzene rings is 1. The second-order valence-electron chi connectivity index (χ2n) is 7.02. The van der Waals surface area contributed by atoms with Crippen molar-refractivity contribution in [2.24, 2.45) is 0 Å². The molecule has 1 amide bonds. The summed E-state index contributed by atoms with van der Waals surface area (Å²) in [4.78, 5) is 11.3. The van der Waals surface area contributed by atoms with Gasteiger partial charge in [0.25, 0.3) is 0 Å². The highest BCUT2D eigenvalue weighted by Gasteiger charge is 2.31. The Balaban J connectivity index is 1.73. The smallest absolute Gasteiger partial charge is 0.221 e. The van der Waals surface area contributed by atoms with Crippen LogP contribution < -0.4 is 5.32 Å². The molecule has 0 spiro atoms. The molecular formula is C19H23N3O2. The highest BCUT2D eigenvalue weighted by molar-refractivity contribution is 5.90. The van der Waals surface area contributed by atoms with Crippen molar-refractivity contribution in [3.8, 4) is 17.0 Å². The average molecular weight is 325 g/mol. The lowest BCUT2D eigenvalue weighted by molar-refractivity contribution is -0.114. The first-order valence-electron chi connectivity index (χ1n) is 8.82. The molecule has 5 heteroatoms. The second kappa shape index (κ2) is 5.96. The molecule has 5 nitrogen and oxygen atoms in total. The molecule has 0 unspecified atom stereocenters. The van der Waals surface area contributed by atoms with Crippen LogP contribution in [0.4, 0.5) is 5.69 Å². The number of phenols is 1. The van der Waals surface area contributed by atoms with Crippen LogP contribution in [0.1, 0.15) is 63.1 Å². The van der Waals surface area contributed by atoms with E-state index in [4.69, 9.17) is 5.10 Å². The third-order valence-corrected chi connectivity index (χ3v) is 5.02. The number of aromatic nitrogens is 2. The number of carbonyl (C=O) groups excluding carboxylic acids is 1. The first-order chi connectivity index (χ1) is 11.6. The molecule has 0 aliphatic heterocycles. The summed E-state index contributed by atoms with van der Waals surface area (Å²) < 4.78 is 2.19. The van der Waals surface area contributed by atoms with Crippen LogP contribution in [0.3, 0.4) is 0 Å². The maximum absolute atomic E-state index is 11.3. The van der Waals surface area contributed by atoms with Gasteiger partial charge in [-0.1, -0.05) is 12.8 Å². The number of amides is 1. The molecule has 126 valence electrons. The first-order valence-corrected chi connectivity index (χ1v) is 8.82. The Hall–Kier alpha value is -2.30. The molecule has 1 aromatic carbocycles. The molecule has 0 bridgehead atoms. The van der Waals surface area contributed by atoms with Crippen LogP contribution in [0.2, 0.25) is 0 Å². The van der Waals surface area contributed by atoms with E-state index in [0.717, 1.165) is 5.69 Å². The summed E-state index contributed by atoms with van der Waals surface area (Å²) in [6.07, 6.45) is 7.43. The van der Waals surface area contributed by atoms with Gasteiger partial charge >= 0.3 is 0 Å². The van der Waals surface area contributed by atoms with Crippen molar-refractivity contribution in [3.63, 3.8) is 0 Å². The van der Waals surface area contributed by atoms with E-state index in [0.29, 0.717) is 23.2 Å². The van der Waals surface area contributed by atoms with Crippen molar-refractivity contribution >= 4 is 11.6 Å². The molecule has 24 heavy (non-hydrogen) atoms. The van der Waals surface area contributed by atoms with Crippen LogP contribution in [0.5, 0.6) is 5.75 Å². The fraction of sp³-hybridized carbons (Fsp3) is 0.474. The van der Waals surface area contributed by atoms with Gasteiger partial charge in [-0.15, -0.1) is 0 Å². The van der Waals surface area contributed by atoms with Gasteiger partial charge < -0.3 is 10.4 Å². The molecule has 2 aromatic rings. The maximum atomic E-state index is 11.3. The standard InChI is InChI=1S/C19H23N3O2/c1-12(23)20-14-6-9-19(24)16(10-14)17-11-18(13-4-2-3-5-13)22(21-17)15-7-8-15/h6,9-11,13,15,24H,2-5,7-8H2,1H3,(H,20,23). The molecule has 1 aromatic heterocycles. The Bertz CT molecular complexity index is 771. The van der Waals surface area contributed by atoms with Crippen LogP contribution in [0.25, 0.3) is 11.3 Å². The largest absolute Gasteiger partial charge is 0.507 e. The summed E-state index contributed by atoms with van der Waals surface area (Å²) in [5.41, 5.74) is 3.47. The lowest BCUT2D eigenvalue weighted by Gasteiger charge is -2.11. The third-order valence-electron chi connectivity index (χ3n) is 5.02. The van der Waals surface area contributed by atoms with Crippen LogP contribution >= 0.6 is 0 Å². The minimum atomic E-state index is -0.123. The molecular weight excluding hydrogens is 302 g/mol. The predicted molar refractivity (Wildman–Crippen MR) is 93.1 cm³/mol. The molecule has 2 fully saturated rings. The minimum Gasteiger partial charge on any atom is -0.507 e. The van der Waals surface area contributed by atoms with Gasteiger partial charge in [-0.2, -0.15) is 5.10 Å². The van der Waals surface area contributed by atoms with E-state index in [-0.39, 0.29) is 11.7 Å². The molecule has 0 atom stereocenters. The summed E-state index contributed by atoms with van der Waals surface area (Å²) in [7, 11) is 0. The Morgan fingerprint density at radius 2 is 1.96 bits per heavy atom. The number of hydrogen-bond acceptors (Lipinski definition) is 3. The van der Waals surface area contributed by atoms with Crippen molar-refractivity contribution < 1.29 is 9.90 Å². The highest BCUT2D eigenvalue weighted by atomic mass is 16.3. The number of carbonyl (C=O) groups is 1. The zero-order valence-electron chi connectivity index (χ0n) is 14.0. The van der Waals surface area contributed by atoms with Gasteiger partial charge in [0.2, 0.25) is 5.91 Å². The first kappa shape index (κ1) is 15.2. The molecule has 2 saturated carbocycles. The molecule has 0 saturated heterocycles. The van der Waals surface area contributed by atoms with E-state index in [1.165, 1.54) is 51.1 Å². The van der Waals surface area contributed by atoms with Crippen LogP contribution in [0.15, 0.2) is 24.3 Å². The lowest BCUT2D eigenvalue weighted by Crippen LogP contribution is -2.06. The molecule has 2 aliphatic rings. The number of aromatic hydroxyl groups is 1. The molecule has 1 heterocycles. The zero-order chi connectivity index (χ0) is 16.7. The van der Waals surface area contributed by atoms with E-state index >= 15 is 0 Å². The van der Waals surface area contributed by atoms with Crippen molar-refractivity contribution in [2.45, 2.75) is 57.4 Å². The summed E-state index contributed by atoms with van der Waals surface area (Å²) in [6, 6.07) is 7.78. The number of hydrogen-bond donors (Lipinski definition) is 2. The Morgan fingerprint density at radius 3 is 2.62 bits per heavy atom. The number of phenolic OH excluding ortho intramolecular Hbond substituents is 1. The van der Waals surface area contributed by atoms with Gasteiger partial charge in [-0.05, 0) is 49.9 Å². The van der Waals surface area contributed by atoms with Gasteiger partial charge in [-0.3, -0.25) is 9.48 Å². The van der Waals surface area contributed by atoms with E-state index in [9.17, 15) is 9.90 Å². The Morgan fingerprint density at radius 1 is 1.21 bits per heavy atom. The van der Waals surface area contributed by atoms with Crippen molar-refractivity contribution in [2.75, 3.05) is 5.32 Å². The summed E-state index contributed by atoms with van der Waals surface area (Å²) in [5, 5.41) is 17.9.